The monoisotopic (exact) mass is 203 g/mol. The van der Waals surface area contributed by atoms with Gasteiger partial charge in [0.15, 0.2) is 0 Å². The predicted molar refractivity (Wildman–Crippen MR) is 62.0 cm³/mol. The normalized spacial score (nSPS) is 10.3. The van der Waals surface area contributed by atoms with Crippen LogP contribution >= 0.6 is 12.2 Å². The largest absolute Gasteiger partial charge is 0.389 e. The van der Waals surface area contributed by atoms with E-state index >= 15 is 0 Å². The van der Waals surface area contributed by atoms with Crippen molar-refractivity contribution in [2.75, 3.05) is 5.73 Å². The maximum absolute atomic E-state index is 5.64. The summed E-state index contributed by atoms with van der Waals surface area (Å²) in [6.45, 7) is 0. The second-order valence-corrected chi connectivity index (χ2v) is 3.42. The number of thiocarbonyl (C=S) groups is 1. The van der Waals surface area contributed by atoms with Crippen LogP contribution < -0.4 is 11.5 Å². The van der Waals surface area contributed by atoms with Crippen molar-refractivity contribution in [3.8, 4) is 0 Å². The van der Waals surface area contributed by atoms with Gasteiger partial charge in [-0.2, -0.15) is 0 Å². The lowest BCUT2D eigenvalue weighted by Gasteiger charge is -2.05. The summed E-state index contributed by atoms with van der Waals surface area (Å²) in [7, 11) is 0. The number of hydrogen-bond acceptors (Lipinski definition) is 3. The first-order valence-corrected chi connectivity index (χ1v) is 4.54. The molecule has 0 atom stereocenters. The van der Waals surface area contributed by atoms with Crippen molar-refractivity contribution in [1.29, 1.82) is 0 Å². The third-order valence-corrected chi connectivity index (χ3v) is 2.22. The van der Waals surface area contributed by atoms with Gasteiger partial charge in [-0.3, -0.25) is 0 Å². The van der Waals surface area contributed by atoms with Gasteiger partial charge in [-0.1, -0.05) is 30.4 Å². The molecule has 0 unspecified atom stereocenters. The third-order valence-electron chi connectivity index (χ3n) is 2.00. The number of nitrogens with two attached hydrogens (primary N) is 2. The lowest BCUT2D eigenvalue weighted by Crippen LogP contribution is -2.11. The Morgan fingerprint density at radius 3 is 2.71 bits per heavy atom. The molecule has 1 heterocycles. The molecule has 0 aliphatic heterocycles. The van der Waals surface area contributed by atoms with E-state index in [9.17, 15) is 0 Å². The van der Waals surface area contributed by atoms with Crippen LogP contribution in [0.25, 0.3) is 10.9 Å². The van der Waals surface area contributed by atoms with E-state index in [2.05, 4.69) is 4.98 Å². The number of hydrogen-bond donors (Lipinski definition) is 2. The Kier molecular flexibility index (Phi) is 2.05. The fourth-order valence-electron chi connectivity index (χ4n) is 1.40. The van der Waals surface area contributed by atoms with Crippen LogP contribution in [0.1, 0.15) is 5.56 Å². The average molecular weight is 203 g/mol. The van der Waals surface area contributed by atoms with Gasteiger partial charge in [0.1, 0.15) is 10.8 Å². The summed E-state index contributed by atoms with van der Waals surface area (Å²) in [5.41, 5.74) is 12.8. The Balaban J connectivity index is 2.87. The summed E-state index contributed by atoms with van der Waals surface area (Å²) in [5.74, 6) is 0.437. The molecule has 2 aromatic rings. The van der Waals surface area contributed by atoms with E-state index in [1.54, 1.807) is 6.07 Å². The molecule has 4 heteroatoms. The van der Waals surface area contributed by atoms with E-state index in [-0.39, 0.29) is 0 Å². The molecule has 1 aromatic carbocycles. The second kappa shape index (κ2) is 3.23. The summed E-state index contributed by atoms with van der Waals surface area (Å²) < 4.78 is 0. The van der Waals surface area contributed by atoms with Crippen LogP contribution in [0.3, 0.4) is 0 Å². The Bertz CT molecular complexity index is 508. The highest BCUT2D eigenvalue weighted by Gasteiger charge is 2.05. The number of aromatic nitrogens is 1. The highest BCUT2D eigenvalue weighted by Crippen LogP contribution is 2.18. The minimum absolute atomic E-state index is 0.343. The molecule has 0 bridgehead atoms. The maximum Gasteiger partial charge on any atom is 0.124 e. The molecular weight excluding hydrogens is 194 g/mol. The van der Waals surface area contributed by atoms with E-state index in [0.29, 0.717) is 10.8 Å². The predicted octanol–water partition coefficient (Wildman–Crippen LogP) is 1.45. The van der Waals surface area contributed by atoms with E-state index in [1.165, 1.54) is 0 Å². The quantitative estimate of drug-likeness (QED) is 0.688. The van der Waals surface area contributed by atoms with Crippen LogP contribution in [0.4, 0.5) is 5.82 Å². The summed E-state index contributed by atoms with van der Waals surface area (Å²) >= 11 is 4.94. The number of fused-ring (bicyclic) bond motifs is 1. The van der Waals surface area contributed by atoms with Crippen molar-refractivity contribution in [2.45, 2.75) is 0 Å². The zero-order valence-electron chi connectivity index (χ0n) is 7.40. The number of nitrogens with zero attached hydrogens (tertiary/aromatic N) is 1. The summed E-state index contributed by atoms with van der Waals surface area (Å²) in [6, 6.07) is 9.33. The van der Waals surface area contributed by atoms with Gasteiger partial charge in [0, 0.05) is 10.9 Å². The van der Waals surface area contributed by atoms with E-state index in [1.807, 2.05) is 24.3 Å². The van der Waals surface area contributed by atoms with Crippen LogP contribution in [0, 0.1) is 0 Å². The first-order valence-electron chi connectivity index (χ1n) is 4.13. The van der Waals surface area contributed by atoms with Crippen molar-refractivity contribution >= 4 is 33.9 Å². The first kappa shape index (κ1) is 8.90. The Morgan fingerprint density at radius 1 is 1.29 bits per heavy atom. The molecule has 0 aliphatic carbocycles. The van der Waals surface area contributed by atoms with Gasteiger partial charge in [0.2, 0.25) is 0 Å². The minimum Gasteiger partial charge on any atom is -0.389 e. The Morgan fingerprint density at radius 2 is 2.00 bits per heavy atom. The second-order valence-electron chi connectivity index (χ2n) is 2.98. The molecule has 2 rings (SSSR count). The fraction of sp³-hybridized carbons (Fsp3) is 0. The van der Waals surface area contributed by atoms with E-state index < -0.39 is 0 Å². The van der Waals surface area contributed by atoms with Crippen LogP contribution in [-0.2, 0) is 0 Å². The van der Waals surface area contributed by atoms with Crippen molar-refractivity contribution < 1.29 is 0 Å². The number of pyridine rings is 1. The average Bonchev–Trinajstić information content (AvgIpc) is 2.16. The molecule has 0 fully saturated rings. The topological polar surface area (TPSA) is 64.9 Å². The fourth-order valence-corrected chi connectivity index (χ4v) is 1.57. The standard InChI is InChI=1S/C10H9N3S/c11-9-5-7(10(12)14)6-3-1-2-4-8(6)13-9/h1-5H,(H2,11,13)(H2,12,14). The van der Waals surface area contributed by atoms with E-state index in [4.69, 9.17) is 23.7 Å². The molecule has 0 spiro atoms. The number of para-hydroxylation sites is 1. The van der Waals surface area contributed by atoms with Crippen molar-refractivity contribution in [1.82, 2.24) is 4.98 Å². The number of benzene rings is 1. The number of nitrogen functional groups attached to an aromatic ring is 1. The van der Waals surface area contributed by atoms with Crippen LogP contribution in [0.2, 0.25) is 0 Å². The molecule has 0 aliphatic rings. The zero-order valence-corrected chi connectivity index (χ0v) is 8.21. The highest BCUT2D eigenvalue weighted by atomic mass is 32.1. The van der Waals surface area contributed by atoms with Crippen molar-refractivity contribution in [2.24, 2.45) is 5.73 Å². The summed E-state index contributed by atoms with van der Waals surface area (Å²) in [4.78, 5) is 4.52. The van der Waals surface area contributed by atoms with Gasteiger partial charge in [0.25, 0.3) is 0 Å². The molecule has 4 N–H and O–H groups in total. The molecule has 3 nitrogen and oxygen atoms in total. The molecule has 0 radical (unpaired) electrons. The lowest BCUT2D eigenvalue weighted by molar-refractivity contribution is 1.41. The van der Waals surface area contributed by atoms with Crippen molar-refractivity contribution in [3.05, 3.63) is 35.9 Å². The molecule has 14 heavy (non-hydrogen) atoms. The minimum atomic E-state index is 0.343. The molecule has 0 saturated heterocycles. The van der Waals surface area contributed by atoms with Gasteiger partial charge in [-0.25, -0.2) is 4.98 Å². The van der Waals surface area contributed by atoms with Gasteiger partial charge in [-0.15, -0.1) is 0 Å². The Hall–Kier alpha value is -1.68. The van der Waals surface area contributed by atoms with Crippen molar-refractivity contribution in [3.63, 3.8) is 0 Å². The van der Waals surface area contributed by atoms with Gasteiger partial charge in [-0.05, 0) is 12.1 Å². The Labute approximate surface area is 86.7 Å². The zero-order chi connectivity index (χ0) is 10.1. The highest BCUT2D eigenvalue weighted by molar-refractivity contribution is 7.80. The smallest absolute Gasteiger partial charge is 0.124 e. The number of anilines is 1. The molecule has 1 aromatic heterocycles. The van der Waals surface area contributed by atoms with E-state index in [0.717, 1.165) is 16.5 Å². The molecule has 0 saturated carbocycles. The van der Waals surface area contributed by atoms with Gasteiger partial charge >= 0.3 is 0 Å². The molecular formula is C10H9N3S. The SMILES string of the molecule is NC(=S)c1cc(N)nc2ccccc12. The summed E-state index contributed by atoms with van der Waals surface area (Å²) in [6.07, 6.45) is 0. The first-order chi connectivity index (χ1) is 6.68. The van der Waals surface area contributed by atoms with Crippen LogP contribution in [0.5, 0.6) is 0 Å². The van der Waals surface area contributed by atoms with Gasteiger partial charge in [0.05, 0.1) is 5.52 Å². The maximum atomic E-state index is 5.64. The van der Waals surface area contributed by atoms with Crippen LogP contribution in [-0.4, -0.2) is 9.97 Å². The summed E-state index contributed by atoms with van der Waals surface area (Å²) in [5, 5.41) is 0.939. The number of rotatable bonds is 1. The third kappa shape index (κ3) is 1.40. The molecule has 70 valence electrons. The molecule has 0 amide bonds. The van der Waals surface area contributed by atoms with Crippen LogP contribution in [0.15, 0.2) is 30.3 Å². The lowest BCUT2D eigenvalue weighted by atomic mass is 10.1. The van der Waals surface area contributed by atoms with Gasteiger partial charge < -0.3 is 11.5 Å².